The Labute approximate surface area is 189 Å². The zero-order chi connectivity index (χ0) is 23.3. The lowest BCUT2D eigenvalue weighted by Crippen LogP contribution is -2.51. The summed E-state index contributed by atoms with van der Waals surface area (Å²) in [5.74, 6) is 0.452. The first kappa shape index (κ1) is 23.8. The van der Waals surface area contributed by atoms with E-state index in [9.17, 15) is 14.7 Å². The van der Waals surface area contributed by atoms with E-state index >= 15 is 0 Å². The van der Waals surface area contributed by atoms with Gasteiger partial charge in [-0.05, 0) is 29.2 Å². The number of ether oxygens (including phenoxy) is 2. The van der Waals surface area contributed by atoms with Gasteiger partial charge in [0.2, 0.25) is 11.8 Å². The van der Waals surface area contributed by atoms with Gasteiger partial charge in [0.05, 0.1) is 19.8 Å². The standard InChI is InChI=1S/C25H32N2O5/c1-25(2,3)13-22(28)26-19-11-9-17(10-12-19)24(30)20-15-32-16-23(29)27(20)14-18-7-5-6-8-21(18)31-4/h5-12,20,24,30H,13-16H2,1-4H3,(H,26,28)/t20-,24-/m1/s1. The molecule has 0 bridgehead atoms. The van der Waals surface area contributed by atoms with Gasteiger partial charge in [0.15, 0.2) is 0 Å². The maximum atomic E-state index is 12.6. The third kappa shape index (κ3) is 6.08. The number of benzene rings is 2. The molecule has 1 fully saturated rings. The number of carbonyl (C=O) groups excluding carboxylic acids is 2. The molecule has 1 aliphatic rings. The van der Waals surface area contributed by atoms with E-state index in [1.54, 1.807) is 36.3 Å². The van der Waals surface area contributed by atoms with Gasteiger partial charge in [0, 0.05) is 24.2 Å². The van der Waals surface area contributed by atoms with Gasteiger partial charge >= 0.3 is 0 Å². The highest BCUT2D eigenvalue weighted by Crippen LogP contribution is 2.29. The molecule has 0 aromatic heterocycles. The van der Waals surface area contributed by atoms with E-state index in [1.807, 2.05) is 45.0 Å². The number of morpholine rings is 1. The Hall–Kier alpha value is -2.90. The number of nitrogens with zero attached hydrogens (tertiary/aromatic N) is 1. The SMILES string of the molecule is COc1ccccc1CN1C(=O)COC[C@@H]1[C@H](O)c1ccc(NC(=O)CC(C)(C)C)cc1. The van der Waals surface area contributed by atoms with Crippen LogP contribution in [0.25, 0.3) is 0 Å². The lowest BCUT2D eigenvalue weighted by atomic mass is 9.92. The van der Waals surface area contributed by atoms with E-state index in [1.165, 1.54) is 0 Å². The number of methoxy groups -OCH3 is 1. The molecule has 1 saturated heterocycles. The molecular weight excluding hydrogens is 408 g/mol. The Kier molecular flexibility index (Phi) is 7.53. The molecule has 0 radical (unpaired) electrons. The molecule has 7 nitrogen and oxygen atoms in total. The van der Waals surface area contributed by atoms with Crippen LogP contribution in [0.2, 0.25) is 0 Å². The van der Waals surface area contributed by atoms with Crippen LogP contribution in [-0.2, 0) is 20.9 Å². The quantitative estimate of drug-likeness (QED) is 0.688. The van der Waals surface area contributed by atoms with Crippen molar-refractivity contribution >= 4 is 17.5 Å². The number of aliphatic hydroxyl groups excluding tert-OH is 1. The molecule has 0 unspecified atom stereocenters. The molecule has 0 spiro atoms. The fourth-order valence-corrected chi connectivity index (χ4v) is 3.78. The first-order chi connectivity index (χ1) is 15.2. The summed E-state index contributed by atoms with van der Waals surface area (Å²) in [5, 5.41) is 14.0. The van der Waals surface area contributed by atoms with Crippen molar-refractivity contribution in [3.63, 3.8) is 0 Å². The number of amides is 2. The molecule has 2 atom stereocenters. The van der Waals surface area contributed by atoms with E-state index < -0.39 is 12.1 Å². The van der Waals surface area contributed by atoms with Crippen LogP contribution in [0.3, 0.4) is 0 Å². The van der Waals surface area contributed by atoms with Crippen LogP contribution in [0.15, 0.2) is 48.5 Å². The molecule has 2 aromatic rings. The molecule has 3 rings (SSSR count). The van der Waals surface area contributed by atoms with Crippen LogP contribution in [0.1, 0.15) is 44.4 Å². The minimum atomic E-state index is -0.937. The van der Waals surface area contributed by atoms with Crippen molar-refractivity contribution in [2.75, 3.05) is 25.6 Å². The second-order valence-corrected chi connectivity index (χ2v) is 9.27. The fourth-order valence-electron chi connectivity index (χ4n) is 3.78. The van der Waals surface area contributed by atoms with Gasteiger partial charge in [-0.2, -0.15) is 0 Å². The third-order valence-electron chi connectivity index (χ3n) is 5.36. The summed E-state index contributed by atoms with van der Waals surface area (Å²) >= 11 is 0. The van der Waals surface area contributed by atoms with Crippen LogP contribution in [0.4, 0.5) is 5.69 Å². The van der Waals surface area contributed by atoms with Crippen LogP contribution in [0, 0.1) is 5.41 Å². The lowest BCUT2D eigenvalue weighted by Gasteiger charge is -2.38. The van der Waals surface area contributed by atoms with E-state index in [2.05, 4.69) is 5.32 Å². The maximum absolute atomic E-state index is 12.6. The third-order valence-corrected chi connectivity index (χ3v) is 5.36. The second kappa shape index (κ2) is 10.1. The zero-order valence-corrected chi connectivity index (χ0v) is 19.1. The second-order valence-electron chi connectivity index (χ2n) is 9.27. The molecule has 2 aromatic carbocycles. The molecule has 1 aliphatic heterocycles. The first-order valence-electron chi connectivity index (χ1n) is 10.7. The fraction of sp³-hybridized carbons (Fsp3) is 0.440. The van der Waals surface area contributed by atoms with Crippen molar-refractivity contribution in [3.05, 3.63) is 59.7 Å². The largest absolute Gasteiger partial charge is 0.496 e. The molecule has 7 heteroatoms. The molecule has 2 N–H and O–H groups in total. The Morgan fingerprint density at radius 1 is 1.22 bits per heavy atom. The normalized spacial score (nSPS) is 17.7. The van der Waals surface area contributed by atoms with E-state index in [4.69, 9.17) is 9.47 Å². The molecule has 2 amide bonds. The number of carbonyl (C=O) groups is 2. The monoisotopic (exact) mass is 440 g/mol. The van der Waals surface area contributed by atoms with Crippen LogP contribution in [0.5, 0.6) is 5.75 Å². The van der Waals surface area contributed by atoms with Crippen molar-refractivity contribution in [3.8, 4) is 5.75 Å². The summed E-state index contributed by atoms with van der Waals surface area (Å²) in [5.41, 5.74) is 2.07. The summed E-state index contributed by atoms with van der Waals surface area (Å²) in [4.78, 5) is 26.4. The van der Waals surface area contributed by atoms with Gasteiger partial charge in [-0.25, -0.2) is 0 Å². The molecular formula is C25H32N2O5. The number of para-hydroxylation sites is 1. The van der Waals surface area contributed by atoms with Crippen LogP contribution >= 0.6 is 0 Å². The highest BCUT2D eigenvalue weighted by molar-refractivity contribution is 5.91. The number of hydrogen-bond acceptors (Lipinski definition) is 5. The zero-order valence-electron chi connectivity index (χ0n) is 19.1. The van der Waals surface area contributed by atoms with Gasteiger partial charge in [-0.3, -0.25) is 9.59 Å². The highest BCUT2D eigenvalue weighted by atomic mass is 16.5. The van der Waals surface area contributed by atoms with Crippen LogP contribution < -0.4 is 10.1 Å². The van der Waals surface area contributed by atoms with E-state index in [0.29, 0.717) is 30.0 Å². The molecule has 1 heterocycles. The molecule has 0 saturated carbocycles. The van der Waals surface area contributed by atoms with E-state index in [0.717, 1.165) is 5.56 Å². The van der Waals surface area contributed by atoms with Crippen molar-refractivity contribution in [1.29, 1.82) is 0 Å². The van der Waals surface area contributed by atoms with Gasteiger partial charge in [0.1, 0.15) is 18.5 Å². The molecule has 32 heavy (non-hydrogen) atoms. The van der Waals surface area contributed by atoms with Gasteiger partial charge in [0.25, 0.3) is 0 Å². The molecule has 172 valence electrons. The van der Waals surface area contributed by atoms with E-state index in [-0.39, 0.29) is 30.4 Å². The summed E-state index contributed by atoms with van der Waals surface area (Å²) in [6.45, 7) is 6.56. The average molecular weight is 441 g/mol. The predicted molar refractivity (Wildman–Crippen MR) is 122 cm³/mol. The average Bonchev–Trinajstić information content (AvgIpc) is 2.74. The summed E-state index contributed by atoms with van der Waals surface area (Å²) < 4.78 is 10.9. The van der Waals surface area contributed by atoms with Gasteiger partial charge in [-0.1, -0.05) is 51.1 Å². The topological polar surface area (TPSA) is 88.1 Å². The Balaban J connectivity index is 1.73. The van der Waals surface area contributed by atoms with Gasteiger partial charge in [-0.15, -0.1) is 0 Å². The van der Waals surface area contributed by atoms with Crippen molar-refractivity contribution in [1.82, 2.24) is 4.90 Å². The number of hydrogen-bond donors (Lipinski definition) is 2. The lowest BCUT2D eigenvalue weighted by molar-refractivity contribution is -0.155. The summed E-state index contributed by atoms with van der Waals surface area (Å²) in [7, 11) is 1.59. The Morgan fingerprint density at radius 3 is 2.56 bits per heavy atom. The smallest absolute Gasteiger partial charge is 0.249 e. The Bertz CT molecular complexity index is 936. The summed E-state index contributed by atoms with van der Waals surface area (Å²) in [6, 6.07) is 14.0. The summed E-state index contributed by atoms with van der Waals surface area (Å²) in [6.07, 6.45) is -0.523. The van der Waals surface area contributed by atoms with Gasteiger partial charge < -0.3 is 24.8 Å². The number of rotatable bonds is 7. The van der Waals surface area contributed by atoms with Crippen molar-refractivity contribution < 1.29 is 24.2 Å². The first-order valence-corrected chi connectivity index (χ1v) is 10.7. The molecule has 0 aliphatic carbocycles. The minimum absolute atomic E-state index is 0.0168. The number of anilines is 1. The maximum Gasteiger partial charge on any atom is 0.249 e. The highest BCUT2D eigenvalue weighted by Gasteiger charge is 2.35. The van der Waals surface area contributed by atoms with Crippen molar-refractivity contribution in [2.24, 2.45) is 5.41 Å². The van der Waals surface area contributed by atoms with Crippen molar-refractivity contribution in [2.45, 2.75) is 45.9 Å². The number of nitrogens with one attached hydrogen (secondary N) is 1. The predicted octanol–water partition coefficient (Wildman–Crippen LogP) is 3.53. The van der Waals surface area contributed by atoms with Crippen LogP contribution in [-0.4, -0.2) is 48.2 Å². The Morgan fingerprint density at radius 2 is 1.91 bits per heavy atom. The number of aliphatic hydroxyl groups is 1. The minimum Gasteiger partial charge on any atom is -0.496 e.